The molecule has 0 aliphatic rings. The number of benzene rings is 1. The number of hydrogen-bond donors (Lipinski definition) is 1. The zero-order valence-electron chi connectivity index (χ0n) is 8.74. The first-order valence-electron chi connectivity index (χ1n) is 5.05. The van der Waals surface area contributed by atoms with Crippen LogP contribution in [-0.4, -0.2) is 10.0 Å². The summed E-state index contributed by atoms with van der Waals surface area (Å²) in [7, 11) is 0. The third-order valence-electron chi connectivity index (χ3n) is 2.15. The molecule has 0 aliphatic heterocycles. The van der Waals surface area contributed by atoms with Crippen molar-refractivity contribution in [3.05, 3.63) is 66.0 Å². The minimum absolute atomic E-state index is 0.564. The van der Waals surface area contributed by atoms with E-state index in [-0.39, 0.29) is 0 Å². The second-order valence-corrected chi connectivity index (χ2v) is 3.75. The van der Waals surface area contributed by atoms with Crippen molar-refractivity contribution in [1.29, 1.82) is 0 Å². The standard InChI is InChI=1S/C13H12N2S/c16-13(11-6-2-1-3-7-11)15-10-12-8-4-5-9-14-12/h1-9H,10H2,(H,15,16). The van der Waals surface area contributed by atoms with Gasteiger partial charge in [0.05, 0.1) is 17.3 Å². The Hall–Kier alpha value is -1.61. The summed E-state index contributed by atoms with van der Waals surface area (Å²) in [6.45, 7) is 0.564. The second kappa shape index (κ2) is 5.47. The Morgan fingerprint density at radius 3 is 2.50 bits per heavy atom. The molecule has 0 N–H and O–H groups in total. The summed E-state index contributed by atoms with van der Waals surface area (Å²) in [6, 6.07) is 15.7. The molecule has 0 saturated carbocycles. The van der Waals surface area contributed by atoms with Gasteiger partial charge in [-0.25, -0.2) is 0 Å². The van der Waals surface area contributed by atoms with Gasteiger partial charge in [0.15, 0.2) is 0 Å². The molecule has 16 heavy (non-hydrogen) atoms. The maximum Gasteiger partial charge on any atom is 0.0951 e. The van der Waals surface area contributed by atoms with Gasteiger partial charge in [0, 0.05) is 11.8 Å². The van der Waals surface area contributed by atoms with E-state index in [0.29, 0.717) is 6.54 Å². The minimum Gasteiger partial charge on any atom is -0.272 e. The molecule has 0 fully saturated rings. The highest BCUT2D eigenvalue weighted by Crippen LogP contribution is 2.06. The predicted molar refractivity (Wildman–Crippen MR) is 69.9 cm³/mol. The molecule has 0 spiro atoms. The normalized spacial score (nSPS) is 11.4. The molecule has 0 atom stereocenters. The Kier molecular flexibility index (Phi) is 3.72. The molecule has 80 valence electrons. The van der Waals surface area contributed by atoms with Gasteiger partial charge in [-0.05, 0) is 12.1 Å². The number of nitrogens with zero attached hydrogens (tertiary/aromatic N) is 2. The summed E-state index contributed by atoms with van der Waals surface area (Å²) in [5.74, 6) is 0. The summed E-state index contributed by atoms with van der Waals surface area (Å²) in [5, 5.41) is 0.742. The lowest BCUT2D eigenvalue weighted by Gasteiger charge is -1.99. The van der Waals surface area contributed by atoms with Crippen LogP contribution in [0.2, 0.25) is 0 Å². The lowest BCUT2D eigenvalue weighted by molar-refractivity contribution is 0.994. The highest BCUT2D eigenvalue weighted by Gasteiger charge is 1.96. The zero-order chi connectivity index (χ0) is 11.2. The molecule has 2 aromatic rings. The Bertz CT molecular complexity index is 466. The van der Waals surface area contributed by atoms with Gasteiger partial charge in [-0.2, -0.15) is 0 Å². The highest BCUT2D eigenvalue weighted by molar-refractivity contribution is 7.97. The molecule has 3 heteroatoms. The minimum atomic E-state index is 0.564. The van der Waals surface area contributed by atoms with Crippen LogP contribution in [0.15, 0.2) is 59.7 Å². The van der Waals surface area contributed by atoms with Gasteiger partial charge in [0.2, 0.25) is 0 Å². The van der Waals surface area contributed by atoms with Crippen LogP contribution in [-0.2, 0) is 6.54 Å². The number of thiol groups is 1. The Morgan fingerprint density at radius 2 is 1.81 bits per heavy atom. The molecule has 0 unspecified atom stereocenters. The summed E-state index contributed by atoms with van der Waals surface area (Å²) >= 11 is 4.37. The van der Waals surface area contributed by atoms with Crippen molar-refractivity contribution in [2.24, 2.45) is 4.99 Å². The summed E-state index contributed by atoms with van der Waals surface area (Å²) < 4.78 is 0. The van der Waals surface area contributed by atoms with E-state index in [1.54, 1.807) is 6.20 Å². The van der Waals surface area contributed by atoms with E-state index in [4.69, 9.17) is 0 Å². The summed E-state index contributed by atoms with van der Waals surface area (Å²) in [5.41, 5.74) is 1.98. The second-order valence-electron chi connectivity index (χ2n) is 3.33. The SMILES string of the molecule is S/C(=N\Cc1ccccn1)c1ccccc1. The zero-order valence-corrected chi connectivity index (χ0v) is 9.64. The van der Waals surface area contributed by atoms with Crippen LogP contribution in [0.5, 0.6) is 0 Å². The van der Waals surface area contributed by atoms with E-state index >= 15 is 0 Å². The first-order valence-corrected chi connectivity index (χ1v) is 5.50. The molecule has 0 aliphatic carbocycles. The van der Waals surface area contributed by atoms with Crippen LogP contribution in [0.4, 0.5) is 0 Å². The average Bonchev–Trinajstić information content (AvgIpc) is 2.38. The quantitative estimate of drug-likeness (QED) is 0.488. The van der Waals surface area contributed by atoms with E-state index in [1.165, 1.54) is 0 Å². The monoisotopic (exact) mass is 228 g/mol. The largest absolute Gasteiger partial charge is 0.272 e. The maximum atomic E-state index is 4.38. The van der Waals surface area contributed by atoms with Gasteiger partial charge in [0.25, 0.3) is 0 Å². The summed E-state index contributed by atoms with van der Waals surface area (Å²) in [4.78, 5) is 8.59. The van der Waals surface area contributed by atoms with Gasteiger partial charge >= 0.3 is 0 Å². The molecule has 1 heterocycles. The molecule has 0 amide bonds. The fourth-order valence-corrected chi connectivity index (χ4v) is 1.55. The van der Waals surface area contributed by atoms with Crippen molar-refractivity contribution < 1.29 is 0 Å². The van der Waals surface area contributed by atoms with E-state index < -0.39 is 0 Å². The highest BCUT2D eigenvalue weighted by atomic mass is 32.1. The number of pyridine rings is 1. The topological polar surface area (TPSA) is 25.2 Å². The Morgan fingerprint density at radius 1 is 1.06 bits per heavy atom. The van der Waals surface area contributed by atoms with Gasteiger partial charge in [-0.1, -0.05) is 36.4 Å². The maximum absolute atomic E-state index is 4.38. The molecule has 1 aromatic heterocycles. The van der Waals surface area contributed by atoms with Gasteiger partial charge in [-0.3, -0.25) is 9.98 Å². The number of rotatable bonds is 3. The first kappa shape index (κ1) is 10.9. The summed E-state index contributed by atoms with van der Waals surface area (Å²) in [6.07, 6.45) is 1.77. The molecule has 0 bridgehead atoms. The van der Waals surface area contributed by atoms with Crippen molar-refractivity contribution in [3.8, 4) is 0 Å². The third kappa shape index (κ3) is 2.94. The fourth-order valence-electron chi connectivity index (χ4n) is 1.33. The number of aromatic nitrogens is 1. The molecular weight excluding hydrogens is 216 g/mol. The van der Waals surface area contributed by atoms with Crippen molar-refractivity contribution in [2.75, 3.05) is 0 Å². The lowest BCUT2D eigenvalue weighted by atomic mass is 10.2. The molecular formula is C13H12N2S. The van der Waals surface area contributed by atoms with Crippen LogP contribution in [0, 0.1) is 0 Å². The van der Waals surface area contributed by atoms with Crippen molar-refractivity contribution in [1.82, 2.24) is 4.98 Å². The van der Waals surface area contributed by atoms with E-state index in [1.807, 2.05) is 48.5 Å². The van der Waals surface area contributed by atoms with Gasteiger partial charge in [0.1, 0.15) is 0 Å². The van der Waals surface area contributed by atoms with E-state index in [9.17, 15) is 0 Å². The average molecular weight is 228 g/mol. The first-order chi connectivity index (χ1) is 7.86. The van der Waals surface area contributed by atoms with Crippen LogP contribution in [0.25, 0.3) is 0 Å². The smallest absolute Gasteiger partial charge is 0.0951 e. The van der Waals surface area contributed by atoms with Crippen LogP contribution in [0.3, 0.4) is 0 Å². The van der Waals surface area contributed by atoms with Gasteiger partial charge in [-0.15, -0.1) is 12.6 Å². The van der Waals surface area contributed by atoms with Crippen LogP contribution < -0.4 is 0 Å². The number of hydrogen-bond acceptors (Lipinski definition) is 2. The van der Waals surface area contributed by atoms with Crippen molar-refractivity contribution in [3.63, 3.8) is 0 Å². The fraction of sp³-hybridized carbons (Fsp3) is 0.0769. The number of aliphatic imine (C=N–C) groups is 1. The van der Waals surface area contributed by atoms with Crippen molar-refractivity contribution >= 4 is 17.7 Å². The Balaban J connectivity index is 2.09. The third-order valence-corrected chi connectivity index (χ3v) is 2.55. The molecule has 0 radical (unpaired) electrons. The predicted octanol–water partition coefficient (Wildman–Crippen LogP) is 2.96. The molecule has 2 nitrogen and oxygen atoms in total. The van der Waals surface area contributed by atoms with Crippen molar-refractivity contribution in [2.45, 2.75) is 6.54 Å². The van der Waals surface area contributed by atoms with Crippen LogP contribution >= 0.6 is 12.6 Å². The Labute approximate surface area is 100 Å². The van der Waals surface area contributed by atoms with Crippen LogP contribution in [0.1, 0.15) is 11.3 Å². The molecule has 2 rings (SSSR count). The van der Waals surface area contributed by atoms with E-state index in [2.05, 4.69) is 22.6 Å². The van der Waals surface area contributed by atoms with Gasteiger partial charge < -0.3 is 0 Å². The molecule has 1 aromatic carbocycles. The molecule has 0 saturated heterocycles. The lowest BCUT2D eigenvalue weighted by Crippen LogP contribution is -1.93. The van der Waals surface area contributed by atoms with E-state index in [0.717, 1.165) is 16.3 Å².